The zero-order valence-electron chi connectivity index (χ0n) is 11.3. The SMILES string of the molecule is CC(=O)N(C)Cc1cn(CCc2ccccc2)nn1. The van der Waals surface area contributed by atoms with E-state index in [4.69, 9.17) is 0 Å². The monoisotopic (exact) mass is 258 g/mol. The Labute approximate surface area is 112 Å². The molecule has 2 rings (SSSR count). The van der Waals surface area contributed by atoms with Gasteiger partial charge in [0.05, 0.1) is 12.7 Å². The molecule has 0 aliphatic carbocycles. The Morgan fingerprint density at radius 1 is 1.32 bits per heavy atom. The molecule has 1 aromatic heterocycles. The van der Waals surface area contributed by atoms with Gasteiger partial charge in [0.2, 0.25) is 5.91 Å². The maximum atomic E-state index is 11.1. The summed E-state index contributed by atoms with van der Waals surface area (Å²) in [6.45, 7) is 2.83. The molecule has 1 heterocycles. The second kappa shape index (κ2) is 6.13. The van der Waals surface area contributed by atoms with Gasteiger partial charge < -0.3 is 4.90 Å². The number of hydrogen-bond acceptors (Lipinski definition) is 3. The molecule has 0 radical (unpaired) electrons. The van der Waals surface area contributed by atoms with E-state index in [0.717, 1.165) is 18.7 Å². The molecule has 1 amide bonds. The van der Waals surface area contributed by atoms with Crippen molar-refractivity contribution in [3.63, 3.8) is 0 Å². The van der Waals surface area contributed by atoms with Crippen molar-refractivity contribution in [2.45, 2.75) is 26.4 Å². The third-order valence-electron chi connectivity index (χ3n) is 3.00. The van der Waals surface area contributed by atoms with Gasteiger partial charge in [-0.05, 0) is 12.0 Å². The van der Waals surface area contributed by atoms with Crippen LogP contribution in [-0.2, 0) is 24.3 Å². The molecule has 0 bridgehead atoms. The molecule has 0 saturated carbocycles. The van der Waals surface area contributed by atoms with Gasteiger partial charge in [-0.3, -0.25) is 9.48 Å². The van der Waals surface area contributed by atoms with Crippen molar-refractivity contribution in [1.82, 2.24) is 19.9 Å². The second-order valence-electron chi connectivity index (χ2n) is 4.58. The third kappa shape index (κ3) is 3.91. The van der Waals surface area contributed by atoms with Gasteiger partial charge in [0.1, 0.15) is 5.69 Å². The fourth-order valence-electron chi connectivity index (χ4n) is 1.76. The summed E-state index contributed by atoms with van der Waals surface area (Å²) >= 11 is 0. The molecule has 0 aliphatic heterocycles. The first-order valence-electron chi connectivity index (χ1n) is 6.30. The van der Waals surface area contributed by atoms with E-state index in [0.29, 0.717) is 6.54 Å². The standard InChI is InChI=1S/C14H18N4O/c1-12(19)17(2)10-14-11-18(16-15-14)9-8-13-6-4-3-5-7-13/h3-7,11H,8-10H2,1-2H3. The Morgan fingerprint density at radius 3 is 2.74 bits per heavy atom. The number of aryl methyl sites for hydroxylation is 2. The molecule has 0 N–H and O–H groups in total. The fourth-order valence-corrected chi connectivity index (χ4v) is 1.76. The molecule has 19 heavy (non-hydrogen) atoms. The van der Waals surface area contributed by atoms with Crippen LogP contribution in [0.3, 0.4) is 0 Å². The van der Waals surface area contributed by atoms with Gasteiger partial charge in [-0.1, -0.05) is 35.5 Å². The number of aromatic nitrogens is 3. The lowest BCUT2D eigenvalue weighted by molar-refractivity contribution is -0.128. The van der Waals surface area contributed by atoms with Crippen LogP contribution in [0.2, 0.25) is 0 Å². The zero-order valence-corrected chi connectivity index (χ0v) is 11.3. The zero-order chi connectivity index (χ0) is 13.7. The van der Waals surface area contributed by atoms with Crippen LogP contribution >= 0.6 is 0 Å². The van der Waals surface area contributed by atoms with Crippen molar-refractivity contribution >= 4 is 5.91 Å². The molecule has 0 spiro atoms. The summed E-state index contributed by atoms with van der Waals surface area (Å²) < 4.78 is 1.82. The van der Waals surface area contributed by atoms with E-state index in [1.807, 2.05) is 29.1 Å². The van der Waals surface area contributed by atoms with Crippen molar-refractivity contribution in [1.29, 1.82) is 0 Å². The van der Waals surface area contributed by atoms with Gasteiger partial charge in [-0.2, -0.15) is 0 Å². The largest absolute Gasteiger partial charge is 0.340 e. The Kier molecular flexibility index (Phi) is 4.28. The molecule has 2 aromatic rings. The van der Waals surface area contributed by atoms with Crippen molar-refractivity contribution in [2.24, 2.45) is 0 Å². The Hall–Kier alpha value is -2.17. The summed E-state index contributed by atoms with van der Waals surface area (Å²) in [5.41, 5.74) is 2.09. The number of carbonyl (C=O) groups excluding carboxylic acids is 1. The Morgan fingerprint density at radius 2 is 2.05 bits per heavy atom. The van der Waals surface area contributed by atoms with E-state index >= 15 is 0 Å². The van der Waals surface area contributed by atoms with Gasteiger partial charge >= 0.3 is 0 Å². The van der Waals surface area contributed by atoms with E-state index in [9.17, 15) is 4.79 Å². The molecular formula is C14H18N4O. The van der Waals surface area contributed by atoms with Crippen LogP contribution in [0, 0.1) is 0 Å². The molecule has 0 atom stereocenters. The number of benzene rings is 1. The highest BCUT2D eigenvalue weighted by Gasteiger charge is 2.07. The number of hydrogen-bond donors (Lipinski definition) is 0. The molecular weight excluding hydrogens is 240 g/mol. The van der Waals surface area contributed by atoms with Gasteiger partial charge in [-0.15, -0.1) is 5.10 Å². The average molecular weight is 258 g/mol. The summed E-state index contributed by atoms with van der Waals surface area (Å²) in [5.74, 6) is 0.0267. The minimum atomic E-state index is 0.0267. The summed E-state index contributed by atoms with van der Waals surface area (Å²) in [7, 11) is 1.76. The van der Waals surface area contributed by atoms with Crippen LogP contribution in [-0.4, -0.2) is 32.8 Å². The van der Waals surface area contributed by atoms with E-state index in [2.05, 4.69) is 22.4 Å². The molecule has 0 unspecified atom stereocenters. The maximum absolute atomic E-state index is 11.1. The Bertz CT molecular complexity index is 535. The van der Waals surface area contributed by atoms with E-state index in [1.54, 1.807) is 18.9 Å². The normalized spacial score (nSPS) is 10.4. The number of rotatable bonds is 5. The predicted molar refractivity (Wildman–Crippen MR) is 72.3 cm³/mol. The van der Waals surface area contributed by atoms with Crippen LogP contribution < -0.4 is 0 Å². The minimum absolute atomic E-state index is 0.0267. The molecule has 100 valence electrons. The van der Waals surface area contributed by atoms with Crippen LogP contribution in [0.25, 0.3) is 0 Å². The highest BCUT2D eigenvalue weighted by Crippen LogP contribution is 2.03. The predicted octanol–water partition coefficient (Wildman–Crippen LogP) is 1.50. The van der Waals surface area contributed by atoms with Crippen LogP contribution in [0.15, 0.2) is 36.5 Å². The van der Waals surface area contributed by atoms with Crippen LogP contribution in [0.1, 0.15) is 18.2 Å². The third-order valence-corrected chi connectivity index (χ3v) is 3.00. The van der Waals surface area contributed by atoms with Crippen molar-refractivity contribution in [2.75, 3.05) is 7.05 Å². The van der Waals surface area contributed by atoms with Crippen molar-refractivity contribution in [3.05, 3.63) is 47.8 Å². The number of carbonyl (C=O) groups is 1. The lowest BCUT2D eigenvalue weighted by Crippen LogP contribution is -2.23. The van der Waals surface area contributed by atoms with Gasteiger partial charge in [-0.25, -0.2) is 0 Å². The minimum Gasteiger partial charge on any atom is -0.340 e. The Balaban J connectivity index is 1.89. The summed E-state index contributed by atoms with van der Waals surface area (Å²) in [6, 6.07) is 10.3. The first-order chi connectivity index (χ1) is 9.15. The second-order valence-corrected chi connectivity index (χ2v) is 4.58. The smallest absolute Gasteiger partial charge is 0.219 e. The van der Waals surface area contributed by atoms with E-state index in [-0.39, 0.29) is 5.91 Å². The van der Waals surface area contributed by atoms with Crippen LogP contribution in [0.4, 0.5) is 0 Å². The molecule has 5 nitrogen and oxygen atoms in total. The molecule has 1 aromatic carbocycles. The van der Waals surface area contributed by atoms with Crippen molar-refractivity contribution < 1.29 is 4.79 Å². The average Bonchev–Trinajstić information content (AvgIpc) is 2.85. The lowest BCUT2D eigenvalue weighted by atomic mass is 10.1. The fraction of sp³-hybridized carbons (Fsp3) is 0.357. The van der Waals surface area contributed by atoms with Crippen LogP contribution in [0.5, 0.6) is 0 Å². The van der Waals surface area contributed by atoms with Crippen molar-refractivity contribution in [3.8, 4) is 0 Å². The number of nitrogens with zero attached hydrogens (tertiary/aromatic N) is 4. The summed E-state index contributed by atoms with van der Waals surface area (Å²) in [6.07, 6.45) is 2.81. The van der Waals surface area contributed by atoms with E-state index < -0.39 is 0 Å². The summed E-state index contributed by atoms with van der Waals surface area (Å²) in [4.78, 5) is 12.8. The first-order valence-corrected chi connectivity index (χ1v) is 6.30. The van der Waals surface area contributed by atoms with Gasteiger partial charge in [0.25, 0.3) is 0 Å². The highest BCUT2D eigenvalue weighted by atomic mass is 16.2. The first kappa shape index (κ1) is 13.3. The number of amides is 1. The lowest BCUT2D eigenvalue weighted by Gasteiger charge is -2.11. The van der Waals surface area contributed by atoms with Gasteiger partial charge in [0.15, 0.2) is 0 Å². The topological polar surface area (TPSA) is 51.0 Å². The molecule has 0 saturated heterocycles. The molecule has 0 fully saturated rings. The van der Waals surface area contributed by atoms with E-state index in [1.165, 1.54) is 5.56 Å². The molecule has 0 aliphatic rings. The maximum Gasteiger partial charge on any atom is 0.219 e. The highest BCUT2D eigenvalue weighted by molar-refractivity contribution is 5.72. The van der Waals surface area contributed by atoms with Gasteiger partial charge in [0, 0.05) is 20.5 Å². The molecule has 5 heteroatoms. The summed E-state index contributed by atoms with van der Waals surface area (Å²) in [5, 5.41) is 8.14. The quantitative estimate of drug-likeness (QED) is 0.816.